The molecule has 0 saturated heterocycles. The monoisotopic (exact) mass is 480 g/mol. The highest BCUT2D eigenvalue weighted by Gasteiger charge is 2.19. The standard InChI is InChI=1S/C32H32O2S/c1-21(2)19-33-28-16-15-23(18-29(28)34-20-22(3)4)31-26-12-7-5-10-24(26)25-11-6-8-13-27(25)32(31)30-14-9-17-35-30/h5-18,21-22H,19-20H2,1-4H3. The summed E-state index contributed by atoms with van der Waals surface area (Å²) in [6, 6.07) is 28.3. The largest absolute Gasteiger partial charge is 0.489 e. The molecule has 35 heavy (non-hydrogen) atoms. The van der Waals surface area contributed by atoms with E-state index < -0.39 is 0 Å². The van der Waals surface area contributed by atoms with E-state index >= 15 is 0 Å². The van der Waals surface area contributed by atoms with Crippen LogP contribution in [-0.4, -0.2) is 13.2 Å². The first kappa shape index (κ1) is 23.4. The Morgan fingerprint density at radius 2 is 1.17 bits per heavy atom. The molecule has 0 aliphatic carbocycles. The van der Waals surface area contributed by atoms with Crippen LogP contribution in [0.4, 0.5) is 0 Å². The summed E-state index contributed by atoms with van der Waals surface area (Å²) in [4.78, 5) is 1.27. The third-order valence-electron chi connectivity index (χ3n) is 6.08. The van der Waals surface area contributed by atoms with Gasteiger partial charge in [0.2, 0.25) is 0 Å². The van der Waals surface area contributed by atoms with Crippen LogP contribution in [0.2, 0.25) is 0 Å². The summed E-state index contributed by atoms with van der Waals surface area (Å²) in [5.41, 5.74) is 3.66. The molecule has 5 rings (SSSR count). The molecule has 1 heterocycles. The van der Waals surface area contributed by atoms with E-state index in [0.717, 1.165) is 17.1 Å². The van der Waals surface area contributed by atoms with Crippen LogP contribution in [0, 0.1) is 11.8 Å². The number of hydrogen-bond donors (Lipinski definition) is 0. The lowest BCUT2D eigenvalue weighted by Gasteiger charge is -2.20. The van der Waals surface area contributed by atoms with E-state index in [0.29, 0.717) is 25.0 Å². The van der Waals surface area contributed by atoms with Crippen molar-refractivity contribution >= 4 is 32.9 Å². The molecule has 3 heteroatoms. The molecule has 0 N–H and O–H groups in total. The van der Waals surface area contributed by atoms with Gasteiger partial charge in [0, 0.05) is 10.4 Å². The van der Waals surface area contributed by atoms with Crippen molar-refractivity contribution in [2.24, 2.45) is 11.8 Å². The summed E-state index contributed by atoms with van der Waals surface area (Å²) in [6.07, 6.45) is 0. The van der Waals surface area contributed by atoms with Crippen LogP contribution >= 0.6 is 11.3 Å². The van der Waals surface area contributed by atoms with Crippen LogP contribution in [0.25, 0.3) is 43.1 Å². The van der Waals surface area contributed by atoms with E-state index in [4.69, 9.17) is 9.47 Å². The highest BCUT2D eigenvalue weighted by Crippen LogP contribution is 2.47. The number of thiophene rings is 1. The maximum atomic E-state index is 6.30. The summed E-state index contributed by atoms with van der Waals surface area (Å²) >= 11 is 1.79. The van der Waals surface area contributed by atoms with Crippen LogP contribution in [0.15, 0.2) is 84.2 Å². The van der Waals surface area contributed by atoms with Gasteiger partial charge in [-0.25, -0.2) is 0 Å². The van der Waals surface area contributed by atoms with E-state index in [1.165, 1.54) is 37.5 Å². The molecule has 0 spiro atoms. The summed E-state index contributed by atoms with van der Waals surface area (Å²) in [7, 11) is 0. The molecule has 178 valence electrons. The Labute approximate surface area is 212 Å². The first-order valence-electron chi connectivity index (χ1n) is 12.4. The number of fused-ring (bicyclic) bond motifs is 3. The highest BCUT2D eigenvalue weighted by atomic mass is 32.1. The van der Waals surface area contributed by atoms with Gasteiger partial charge in [0.1, 0.15) is 0 Å². The molecule has 2 nitrogen and oxygen atoms in total. The van der Waals surface area contributed by atoms with E-state index in [-0.39, 0.29) is 0 Å². The molecule has 0 atom stereocenters. The fourth-order valence-corrected chi connectivity index (χ4v) is 5.32. The number of benzene rings is 4. The zero-order valence-electron chi connectivity index (χ0n) is 20.9. The molecule has 0 radical (unpaired) electrons. The number of ether oxygens (including phenoxy) is 2. The predicted octanol–water partition coefficient (Wildman–Crippen LogP) is 9.46. The molecular formula is C32H32O2S. The first-order chi connectivity index (χ1) is 17.0. The molecule has 0 aliphatic heterocycles. The minimum absolute atomic E-state index is 0.430. The molecule has 0 saturated carbocycles. The van der Waals surface area contributed by atoms with Crippen molar-refractivity contribution in [1.82, 2.24) is 0 Å². The molecular weight excluding hydrogens is 448 g/mol. The third-order valence-corrected chi connectivity index (χ3v) is 6.96. The van der Waals surface area contributed by atoms with E-state index in [9.17, 15) is 0 Å². The van der Waals surface area contributed by atoms with Gasteiger partial charge in [-0.05, 0) is 68.1 Å². The minimum atomic E-state index is 0.430. The van der Waals surface area contributed by atoms with Crippen LogP contribution in [0.1, 0.15) is 27.7 Å². The Balaban J connectivity index is 1.78. The summed E-state index contributed by atoms with van der Waals surface area (Å²) in [6.45, 7) is 9.98. The van der Waals surface area contributed by atoms with Gasteiger partial charge < -0.3 is 9.47 Å². The van der Waals surface area contributed by atoms with Crippen molar-refractivity contribution in [3.05, 3.63) is 84.2 Å². The maximum absolute atomic E-state index is 6.30. The smallest absolute Gasteiger partial charge is 0.161 e. The molecule has 0 bridgehead atoms. The van der Waals surface area contributed by atoms with Gasteiger partial charge >= 0.3 is 0 Å². The SMILES string of the molecule is CC(C)COc1ccc(-c2c(-c3cccs3)c3ccccc3c3ccccc23)cc1OCC(C)C. The van der Waals surface area contributed by atoms with E-state index in [2.05, 4.69) is 112 Å². The van der Waals surface area contributed by atoms with Crippen LogP contribution in [-0.2, 0) is 0 Å². The molecule has 5 aromatic rings. The lowest BCUT2D eigenvalue weighted by molar-refractivity contribution is 0.229. The molecule has 0 unspecified atom stereocenters. The highest BCUT2D eigenvalue weighted by molar-refractivity contribution is 7.13. The molecule has 1 aromatic heterocycles. The van der Waals surface area contributed by atoms with Crippen molar-refractivity contribution in [1.29, 1.82) is 0 Å². The maximum Gasteiger partial charge on any atom is 0.161 e. The van der Waals surface area contributed by atoms with E-state index in [1.54, 1.807) is 11.3 Å². The summed E-state index contributed by atoms with van der Waals surface area (Å²) in [5, 5.41) is 7.23. The van der Waals surface area contributed by atoms with Gasteiger partial charge in [-0.3, -0.25) is 0 Å². The summed E-state index contributed by atoms with van der Waals surface area (Å²) in [5.74, 6) is 2.50. The average Bonchev–Trinajstić information content (AvgIpc) is 3.40. The van der Waals surface area contributed by atoms with Gasteiger partial charge in [-0.2, -0.15) is 0 Å². The molecule has 0 fully saturated rings. The van der Waals surface area contributed by atoms with Crippen molar-refractivity contribution in [2.75, 3.05) is 13.2 Å². The first-order valence-corrected chi connectivity index (χ1v) is 13.3. The Morgan fingerprint density at radius 1 is 0.600 bits per heavy atom. The fourth-order valence-electron chi connectivity index (χ4n) is 4.53. The molecule has 0 aliphatic rings. The van der Waals surface area contributed by atoms with E-state index in [1.807, 2.05) is 0 Å². The minimum Gasteiger partial charge on any atom is -0.489 e. The Morgan fingerprint density at radius 3 is 1.74 bits per heavy atom. The predicted molar refractivity (Wildman–Crippen MR) is 151 cm³/mol. The average molecular weight is 481 g/mol. The van der Waals surface area contributed by atoms with Crippen LogP contribution in [0.3, 0.4) is 0 Å². The lowest BCUT2D eigenvalue weighted by atomic mass is 9.87. The van der Waals surface area contributed by atoms with Gasteiger partial charge in [-0.15, -0.1) is 11.3 Å². The van der Waals surface area contributed by atoms with Crippen molar-refractivity contribution in [2.45, 2.75) is 27.7 Å². The van der Waals surface area contributed by atoms with Crippen LogP contribution < -0.4 is 9.47 Å². The van der Waals surface area contributed by atoms with Crippen molar-refractivity contribution < 1.29 is 9.47 Å². The fraction of sp³-hybridized carbons (Fsp3) is 0.250. The molecule has 0 amide bonds. The Bertz CT molecular complexity index is 1450. The third kappa shape index (κ3) is 4.78. The molecule has 4 aromatic carbocycles. The van der Waals surface area contributed by atoms with Gasteiger partial charge in [-0.1, -0.05) is 88.4 Å². The van der Waals surface area contributed by atoms with Crippen molar-refractivity contribution in [3.8, 4) is 33.1 Å². The van der Waals surface area contributed by atoms with Crippen LogP contribution in [0.5, 0.6) is 11.5 Å². The van der Waals surface area contributed by atoms with Gasteiger partial charge in [0.15, 0.2) is 11.5 Å². The Hall–Kier alpha value is -3.30. The number of rotatable bonds is 8. The summed E-state index contributed by atoms with van der Waals surface area (Å²) < 4.78 is 12.5. The second-order valence-electron chi connectivity index (χ2n) is 9.89. The zero-order valence-corrected chi connectivity index (χ0v) is 21.7. The lowest BCUT2D eigenvalue weighted by Crippen LogP contribution is -2.09. The zero-order chi connectivity index (χ0) is 24.4. The van der Waals surface area contributed by atoms with Gasteiger partial charge in [0.05, 0.1) is 13.2 Å². The quantitative estimate of drug-likeness (QED) is 0.206. The van der Waals surface area contributed by atoms with Crippen molar-refractivity contribution in [3.63, 3.8) is 0 Å². The second kappa shape index (κ2) is 10.1. The normalized spacial score (nSPS) is 11.6. The van der Waals surface area contributed by atoms with Gasteiger partial charge in [0.25, 0.3) is 0 Å². The topological polar surface area (TPSA) is 18.5 Å². The number of hydrogen-bond acceptors (Lipinski definition) is 3. The Kier molecular flexibility index (Phi) is 6.79. The second-order valence-corrected chi connectivity index (χ2v) is 10.8.